The first-order valence-electron chi connectivity index (χ1n) is 3.33. The largest absolute Gasteiger partial charge is 0.364 e. The molecule has 0 fully saturated rings. The fraction of sp³-hybridized carbons (Fsp3) is 0.667. The molecule has 0 aliphatic heterocycles. The van der Waals surface area contributed by atoms with Crippen molar-refractivity contribution in [2.24, 2.45) is 0 Å². The lowest BCUT2D eigenvalue weighted by atomic mass is 10.4. The van der Waals surface area contributed by atoms with Crippen LogP contribution in [0.2, 0.25) is 0 Å². The highest BCUT2D eigenvalue weighted by Crippen LogP contribution is 2.14. The predicted molar refractivity (Wildman–Crippen MR) is 43.5 cm³/mol. The Labute approximate surface area is 64.8 Å². The van der Waals surface area contributed by atoms with Crippen molar-refractivity contribution in [1.29, 1.82) is 0 Å². The van der Waals surface area contributed by atoms with E-state index in [0.717, 1.165) is 18.0 Å². The van der Waals surface area contributed by atoms with Crippen LogP contribution in [0.5, 0.6) is 0 Å². The highest BCUT2D eigenvalue weighted by molar-refractivity contribution is 7.09. The lowest BCUT2D eigenvalue weighted by Gasteiger charge is -2.13. The van der Waals surface area contributed by atoms with Gasteiger partial charge in [0, 0.05) is 25.1 Å². The molecule has 4 heteroatoms. The van der Waals surface area contributed by atoms with E-state index in [0.29, 0.717) is 0 Å². The fourth-order valence-electron chi connectivity index (χ4n) is 0.776. The maximum Gasteiger partial charge on any atom is 0.132 e. The van der Waals surface area contributed by atoms with Gasteiger partial charge in [0.1, 0.15) is 5.00 Å². The van der Waals surface area contributed by atoms with Crippen molar-refractivity contribution in [2.75, 3.05) is 18.5 Å². The molecule has 1 aromatic heterocycles. The Kier molecular flexibility index (Phi) is 2.62. The second kappa shape index (κ2) is 3.51. The average molecular weight is 157 g/mol. The van der Waals surface area contributed by atoms with E-state index in [9.17, 15) is 0 Å². The zero-order valence-electron chi connectivity index (χ0n) is 6.24. The van der Waals surface area contributed by atoms with Crippen LogP contribution >= 0.6 is 11.5 Å². The molecular weight excluding hydrogens is 146 g/mol. The molecule has 0 aliphatic carbocycles. The zero-order valence-corrected chi connectivity index (χ0v) is 7.06. The lowest BCUT2D eigenvalue weighted by molar-refractivity contribution is 0.858. The summed E-state index contributed by atoms with van der Waals surface area (Å²) < 4.78 is 3.78. The van der Waals surface area contributed by atoms with Gasteiger partial charge in [0.25, 0.3) is 0 Å². The number of rotatable bonds is 3. The first-order chi connectivity index (χ1) is 4.84. The van der Waals surface area contributed by atoms with Crippen molar-refractivity contribution in [2.45, 2.75) is 13.3 Å². The number of aromatic nitrogens is 2. The third-order valence-electron chi connectivity index (χ3n) is 1.28. The van der Waals surface area contributed by atoms with Gasteiger partial charge < -0.3 is 4.90 Å². The molecule has 1 heterocycles. The van der Waals surface area contributed by atoms with Gasteiger partial charge in [-0.3, -0.25) is 0 Å². The summed E-state index contributed by atoms with van der Waals surface area (Å²) in [5, 5.41) is 4.89. The summed E-state index contributed by atoms with van der Waals surface area (Å²) in [5.74, 6) is 0. The van der Waals surface area contributed by atoms with Crippen LogP contribution in [0.15, 0.2) is 6.20 Å². The maximum absolute atomic E-state index is 3.78. The van der Waals surface area contributed by atoms with Gasteiger partial charge >= 0.3 is 0 Å². The molecule has 0 unspecified atom stereocenters. The summed E-state index contributed by atoms with van der Waals surface area (Å²) in [6.45, 7) is 3.23. The standard InChI is InChI=1S/C6H11N3S/c1-3-4-9(2)6-5-7-8-10-6/h5H,3-4H2,1-2H3. The molecule has 0 aliphatic rings. The molecule has 3 nitrogen and oxygen atoms in total. The van der Waals surface area contributed by atoms with Crippen molar-refractivity contribution in [3.8, 4) is 0 Å². The molecule has 1 aromatic rings. The monoisotopic (exact) mass is 157 g/mol. The van der Waals surface area contributed by atoms with Crippen molar-refractivity contribution < 1.29 is 0 Å². The van der Waals surface area contributed by atoms with E-state index in [4.69, 9.17) is 0 Å². The molecule has 0 atom stereocenters. The van der Waals surface area contributed by atoms with Crippen molar-refractivity contribution in [3.63, 3.8) is 0 Å². The predicted octanol–water partition coefficient (Wildman–Crippen LogP) is 1.38. The zero-order chi connectivity index (χ0) is 7.40. The summed E-state index contributed by atoms with van der Waals surface area (Å²) in [4.78, 5) is 2.16. The molecule has 0 bridgehead atoms. The minimum Gasteiger partial charge on any atom is -0.364 e. The summed E-state index contributed by atoms with van der Waals surface area (Å²) >= 11 is 1.44. The number of anilines is 1. The van der Waals surface area contributed by atoms with Gasteiger partial charge in [-0.2, -0.15) is 0 Å². The van der Waals surface area contributed by atoms with Crippen LogP contribution in [0.4, 0.5) is 5.00 Å². The molecule has 0 saturated carbocycles. The van der Waals surface area contributed by atoms with Crippen molar-refractivity contribution in [3.05, 3.63) is 6.20 Å². The molecule has 1 rings (SSSR count). The molecule has 0 radical (unpaired) electrons. The SMILES string of the molecule is CCCN(C)c1cnns1. The van der Waals surface area contributed by atoms with Crippen LogP contribution < -0.4 is 4.90 Å². The normalized spacial score (nSPS) is 9.80. The smallest absolute Gasteiger partial charge is 0.132 e. The molecule has 0 N–H and O–H groups in total. The molecular formula is C6H11N3S. The molecule has 10 heavy (non-hydrogen) atoms. The van der Waals surface area contributed by atoms with Crippen LogP contribution in [0.3, 0.4) is 0 Å². The van der Waals surface area contributed by atoms with E-state index in [2.05, 4.69) is 28.5 Å². The number of hydrogen-bond donors (Lipinski definition) is 0. The highest BCUT2D eigenvalue weighted by Gasteiger charge is 1.99. The molecule has 0 saturated heterocycles. The third kappa shape index (κ3) is 1.67. The quantitative estimate of drug-likeness (QED) is 0.664. The van der Waals surface area contributed by atoms with Crippen molar-refractivity contribution in [1.82, 2.24) is 9.59 Å². The second-order valence-electron chi connectivity index (χ2n) is 2.18. The summed E-state index contributed by atoms with van der Waals surface area (Å²) in [6.07, 6.45) is 2.95. The van der Waals surface area contributed by atoms with Gasteiger partial charge in [-0.15, -0.1) is 5.10 Å². The average Bonchev–Trinajstić information content (AvgIpc) is 2.38. The third-order valence-corrected chi connectivity index (χ3v) is 2.06. The van der Waals surface area contributed by atoms with Crippen LogP contribution in [-0.4, -0.2) is 23.2 Å². The van der Waals surface area contributed by atoms with E-state index < -0.39 is 0 Å². The van der Waals surface area contributed by atoms with Crippen molar-refractivity contribution >= 4 is 16.5 Å². The van der Waals surface area contributed by atoms with E-state index in [-0.39, 0.29) is 0 Å². The van der Waals surface area contributed by atoms with Gasteiger partial charge in [0.15, 0.2) is 0 Å². The topological polar surface area (TPSA) is 29.0 Å². The second-order valence-corrected chi connectivity index (χ2v) is 2.94. The number of nitrogens with zero attached hydrogens (tertiary/aromatic N) is 3. The van der Waals surface area contributed by atoms with E-state index in [1.807, 2.05) is 0 Å². The Balaban J connectivity index is 2.50. The molecule has 0 amide bonds. The maximum atomic E-state index is 3.78. The van der Waals surface area contributed by atoms with E-state index in [1.165, 1.54) is 11.5 Å². The summed E-state index contributed by atoms with van der Waals surface area (Å²) in [5.41, 5.74) is 0. The Hall–Kier alpha value is -0.640. The van der Waals surface area contributed by atoms with Crippen LogP contribution in [-0.2, 0) is 0 Å². The van der Waals surface area contributed by atoms with Gasteiger partial charge in [-0.05, 0) is 6.42 Å². The molecule has 0 spiro atoms. The fourth-order valence-corrected chi connectivity index (χ4v) is 1.28. The van der Waals surface area contributed by atoms with Gasteiger partial charge in [-0.1, -0.05) is 11.4 Å². The Morgan fingerprint density at radius 1 is 1.70 bits per heavy atom. The molecule has 56 valence electrons. The van der Waals surface area contributed by atoms with Crippen LogP contribution in [0.1, 0.15) is 13.3 Å². The number of hydrogen-bond acceptors (Lipinski definition) is 4. The van der Waals surface area contributed by atoms with Gasteiger partial charge in [-0.25, -0.2) is 0 Å². The van der Waals surface area contributed by atoms with Gasteiger partial charge in [0.05, 0.1) is 6.20 Å². The Bertz CT molecular complexity index is 173. The van der Waals surface area contributed by atoms with E-state index >= 15 is 0 Å². The summed E-state index contributed by atoms with van der Waals surface area (Å²) in [6, 6.07) is 0. The highest BCUT2D eigenvalue weighted by atomic mass is 32.1. The first kappa shape index (κ1) is 7.47. The Morgan fingerprint density at radius 2 is 2.50 bits per heavy atom. The van der Waals surface area contributed by atoms with E-state index in [1.54, 1.807) is 6.20 Å². The van der Waals surface area contributed by atoms with Crippen LogP contribution in [0.25, 0.3) is 0 Å². The minimum atomic E-state index is 1.07. The lowest BCUT2D eigenvalue weighted by Crippen LogP contribution is -2.16. The minimum absolute atomic E-state index is 1.07. The van der Waals surface area contributed by atoms with Gasteiger partial charge in [0.2, 0.25) is 0 Å². The summed E-state index contributed by atoms with van der Waals surface area (Å²) in [7, 11) is 2.05. The molecule has 0 aromatic carbocycles. The Morgan fingerprint density at radius 3 is 3.00 bits per heavy atom. The van der Waals surface area contributed by atoms with Crippen LogP contribution in [0, 0.1) is 0 Å². The first-order valence-corrected chi connectivity index (χ1v) is 4.10.